The normalized spacial score (nSPS) is 12.1. The molecule has 3 rings (SSSR count). The molecule has 1 atom stereocenters. The van der Waals surface area contributed by atoms with E-state index in [1.54, 1.807) is 18.2 Å². The number of halogens is 1. The molecule has 0 aliphatic heterocycles. The number of rotatable bonds is 10. The van der Waals surface area contributed by atoms with Crippen molar-refractivity contribution in [3.8, 4) is 5.69 Å². The van der Waals surface area contributed by atoms with Gasteiger partial charge in [0.25, 0.3) is 0 Å². The van der Waals surface area contributed by atoms with E-state index in [9.17, 15) is 19.1 Å². The Morgan fingerprint density at radius 2 is 1.91 bits per heavy atom. The zero-order valence-corrected chi connectivity index (χ0v) is 18.1. The Labute approximate surface area is 186 Å². The van der Waals surface area contributed by atoms with Gasteiger partial charge in [-0.2, -0.15) is 5.10 Å². The van der Waals surface area contributed by atoms with Crippen LogP contribution in [0.15, 0.2) is 54.7 Å². The Kier molecular flexibility index (Phi) is 7.37. The molecule has 7 nitrogen and oxygen atoms in total. The van der Waals surface area contributed by atoms with Crippen molar-refractivity contribution in [3.63, 3.8) is 0 Å². The van der Waals surface area contributed by atoms with Crippen LogP contribution in [0.4, 0.5) is 10.2 Å². The third-order valence-electron chi connectivity index (χ3n) is 5.12. The molecule has 0 amide bonds. The molecule has 0 radical (unpaired) electrons. The first-order valence-electron chi connectivity index (χ1n) is 10.5. The van der Waals surface area contributed by atoms with Crippen molar-refractivity contribution in [1.82, 2.24) is 15.1 Å². The first-order chi connectivity index (χ1) is 15.3. The van der Waals surface area contributed by atoms with Gasteiger partial charge in [0.2, 0.25) is 0 Å². The van der Waals surface area contributed by atoms with Crippen LogP contribution in [0.1, 0.15) is 41.8 Å². The van der Waals surface area contributed by atoms with E-state index in [4.69, 9.17) is 5.73 Å². The van der Waals surface area contributed by atoms with Gasteiger partial charge < -0.3 is 16.2 Å². The second kappa shape index (κ2) is 10.2. The van der Waals surface area contributed by atoms with E-state index in [0.29, 0.717) is 30.6 Å². The van der Waals surface area contributed by atoms with Gasteiger partial charge in [-0.1, -0.05) is 32.0 Å². The van der Waals surface area contributed by atoms with Gasteiger partial charge in [-0.15, -0.1) is 0 Å². The number of aliphatic carboxylic acids is 1. The summed E-state index contributed by atoms with van der Waals surface area (Å²) in [7, 11) is 0. The molecule has 32 heavy (non-hydrogen) atoms. The van der Waals surface area contributed by atoms with Crippen molar-refractivity contribution in [2.24, 2.45) is 5.92 Å². The van der Waals surface area contributed by atoms with Crippen LogP contribution in [0.5, 0.6) is 0 Å². The lowest BCUT2D eigenvalue weighted by atomic mass is 10.0. The second-order valence-corrected chi connectivity index (χ2v) is 8.09. The van der Waals surface area contributed by atoms with Crippen molar-refractivity contribution in [1.29, 1.82) is 0 Å². The van der Waals surface area contributed by atoms with Crippen molar-refractivity contribution < 1.29 is 19.1 Å². The molecule has 8 heteroatoms. The number of ketones is 1. The number of carbonyl (C=O) groups is 2. The molecule has 1 aromatic heterocycles. The highest BCUT2D eigenvalue weighted by atomic mass is 19.1. The molecule has 3 aromatic rings. The smallest absolute Gasteiger partial charge is 0.320 e. The van der Waals surface area contributed by atoms with Crippen molar-refractivity contribution in [2.75, 3.05) is 12.3 Å². The second-order valence-electron chi connectivity index (χ2n) is 8.09. The Hall–Kier alpha value is -3.52. The van der Waals surface area contributed by atoms with E-state index in [1.165, 1.54) is 35.1 Å². The van der Waals surface area contributed by atoms with Crippen LogP contribution in [-0.2, 0) is 11.2 Å². The van der Waals surface area contributed by atoms with Crippen LogP contribution < -0.4 is 11.1 Å². The number of anilines is 1. The Morgan fingerprint density at radius 3 is 2.56 bits per heavy atom. The van der Waals surface area contributed by atoms with E-state index in [-0.39, 0.29) is 28.9 Å². The van der Waals surface area contributed by atoms with Gasteiger partial charge in [-0.25, -0.2) is 9.07 Å². The number of carboxylic acids is 1. The first-order valence-corrected chi connectivity index (χ1v) is 10.5. The number of benzene rings is 2. The molecule has 0 aliphatic carbocycles. The molecular weight excluding hydrogens is 411 g/mol. The SMILES string of the molecule is CC(C)C[C@H](NCCc1cccc(C(=O)c2cnn(-c3ccc(F)cc3)c2N)c1)C(=O)O. The Bertz CT molecular complexity index is 1090. The standard InChI is InChI=1S/C24H27FN4O3/c1-15(2)12-21(24(31)32)27-11-10-16-4-3-5-17(13-16)22(30)20-14-28-29(23(20)26)19-8-6-18(25)7-9-19/h3-9,13-15,21,27H,10-12,26H2,1-2H3,(H,31,32)/t21-/m0/s1. The maximum atomic E-state index is 13.2. The number of nitrogens with one attached hydrogen (secondary N) is 1. The molecule has 0 saturated heterocycles. The summed E-state index contributed by atoms with van der Waals surface area (Å²) in [4.78, 5) is 24.4. The van der Waals surface area contributed by atoms with E-state index in [1.807, 2.05) is 19.9 Å². The molecule has 0 spiro atoms. The van der Waals surface area contributed by atoms with Gasteiger partial charge >= 0.3 is 5.97 Å². The number of hydrogen-bond acceptors (Lipinski definition) is 5. The summed E-state index contributed by atoms with van der Waals surface area (Å²) in [6.45, 7) is 4.44. The minimum Gasteiger partial charge on any atom is -0.480 e. The lowest BCUT2D eigenvalue weighted by Gasteiger charge is -2.16. The predicted molar refractivity (Wildman–Crippen MR) is 120 cm³/mol. The van der Waals surface area contributed by atoms with Crippen LogP contribution in [0, 0.1) is 11.7 Å². The maximum absolute atomic E-state index is 13.2. The number of carboxylic acid groups (broad SMARTS) is 1. The summed E-state index contributed by atoms with van der Waals surface area (Å²) in [5.41, 5.74) is 8.33. The minimum absolute atomic E-state index is 0.173. The number of nitrogens with two attached hydrogens (primary N) is 1. The van der Waals surface area contributed by atoms with E-state index < -0.39 is 12.0 Å². The third-order valence-corrected chi connectivity index (χ3v) is 5.12. The van der Waals surface area contributed by atoms with E-state index in [0.717, 1.165) is 5.56 Å². The average Bonchev–Trinajstić information content (AvgIpc) is 3.14. The Balaban J connectivity index is 1.70. The number of carbonyl (C=O) groups excluding carboxylic acids is 1. The number of hydrogen-bond donors (Lipinski definition) is 3. The quantitative estimate of drug-likeness (QED) is 0.418. The minimum atomic E-state index is -0.865. The average molecular weight is 439 g/mol. The van der Waals surface area contributed by atoms with Gasteiger partial charge in [-0.3, -0.25) is 9.59 Å². The van der Waals surface area contributed by atoms with E-state index >= 15 is 0 Å². The Morgan fingerprint density at radius 1 is 1.19 bits per heavy atom. The predicted octanol–water partition coefficient (Wildman–Crippen LogP) is 3.46. The van der Waals surface area contributed by atoms with Crippen molar-refractivity contribution in [2.45, 2.75) is 32.7 Å². The molecule has 0 aliphatic rings. The van der Waals surface area contributed by atoms with Crippen molar-refractivity contribution >= 4 is 17.6 Å². The van der Waals surface area contributed by atoms with Gasteiger partial charge in [0.15, 0.2) is 5.78 Å². The summed E-state index contributed by atoms with van der Waals surface area (Å²) in [5, 5.41) is 16.6. The molecule has 4 N–H and O–H groups in total. The van der Waals surface area contributed by atoms with Crippen LogP contribution >= 0.6 is 0 Å². The monoisotopic (exact) mass is 438 g/mol. The summed E-state index contributed by atoms with van der Waals surface area (Å²) >= 11 is 0. The van der Waals surface area contributed by atoms with Gasteiger partial charge in [0.1, 0.15) is 17.7 Å². The third kappa shape index (κ3) is 5.59. The van der Waals surface area contributed by atoms with Crippen LogP contribution in [0.2, 0.25) is 0 Å². The summed E-state index contributed by atoms with van der Waals surface area (Å²) in [6.07, 6.45) is 2.52. The molecule has 1 heterocycles. The highest BCUT2D eigenvalue weighted by molar-refractivity contribution is 6.11. The summed E-state index contributed by atoms with van der Waals surface area (Å²) in [5.74, 6) is -1.07. The van der Waals surface area contributed by atoms with Crippen LogP contribution in [0.3, 0.4) is 0 Å². The highest BCUT2D eigenvalue weighted by Crippen LogP contribution is 2.21. The van der Waals surface area contributed by atoms with Crippen LogP contribution in [-0.4, -0.2) is 39.2 Å². The molecule has 0 bridgehead atoms. The number of nitrogens with zero attached hydrogens (tertiary/aromatic N) is 2. The fourth-order valence-corrected chi connectivity index (χ4v) is 3.48. The topological polar surface area (TPSA) is 110 Å². The molecule has 2 aromatic carbocycles. The first kappa shape index (κ1) is 23.1. The molecule has 0 fully saturated rings. The molecular formula is C24H27FN4O3. The zero-order chi connectivity index (χ0) is 23.3. The number of aromatic nitrogens is 2. The fraction of sp³-hybridized carbons (Fsp3) is 0.292. The zero-order valence-electron chi connectivity index (χ0n) is 18.1. The molecule has 0 saturated carbocycles. The summed E-state index contributed by atoms with van der Waals surface area (Å²) < 4.78 is 14.6. The molecule has 0 unspecified atom stereocenters. The summed E-state index contributed by atoms with van der Waals surface area (Å²) in [6, 6.07) is 12.2. The largest absolute Gasteiger partial charge is 0.480 e. The maximum Gasteiger partial charge on any atom is 0.320 e. The van der Waals surface area contributed by atoms with Gasteiger partial charge in [-0.05, 0) is 61.2 Å². The van der Waals surface area contributed by atoms with Gasteiger partial charge in [0.05, 0.1) is 17.4 Å². The fourth-order valence-electron chi connectivity index (χ4n) is 3.48. The highest BCUT2D eigenvalue weighted by Gasteiger charge is 2.19. The molecule has 168 valence electrons. The lowest BCUT2D eigenvalue weighted by molar-refractivity contribution is -0.139. The van der Waals surface area contributed by atoms with E-state index in [2.05, 4.69) is 10.4 Å². The van der Waals surface area contributed by atoms with Crippen LogP contribution in [0.25, 0.3) is 5.69 Å². The van der Waals surface area contributed by atoms with Gasteiger partial charge in [0, 0.05) is 5.56 Å². The lowest BCUT2D eigenvalue weighted by Crippen LogP contribution is -2.38. The van der Waals surface area contributed by atoms with Crippen molar-refractivity contribution in [3.05, 3.63) is 77.2 Å². The number of nitrogen functional groups attached to an aromatic ring is 1.